The van der Waals surface area contributed by atoms with Crippen molar-refractivity contribution in [3.05, 3.63) is 64.1 Å². The minimum absolute atomic E-state index is 0.424. The molecule has 2 aromatic carbocycles. The van der Waals surface area contributed by atoms with Gasteiger partial charge >= 0.3 is 6.03 Å². The minimum Gasteiger partial charge on any atom is -0.307 e. The molecule has 20 heavy (non-hydrogen) atoms. The molecule has 2 N–H and O–H groups in total. The van der Waals surface area contributed by atoms with Crippen molar-refractivity contribution < 1.29 is 4.79 Å². The standard InChI is InChI=1S/C14H11Cl2N3O/c15-12-7-6-10(8-13(12)16)9-17-19-14(20)18-11-4-2-1-3-5-11/h1-9H,(H2,18,19,20)/b17-9-. The first-order valence-corrected chi connectivity index (χ1v) is 6.51. The molecule has 2 rings (SSSR count). The van der Waals surface area contributed by atoms with Gasteiger partial charge in [-0.1, -0.05) is 47.5 Å². The molecule has 0 aromatic heterocycles. The van der Waals surface area contributed by atoms with Gasteiger partial charge in [-0.25, -0.2) is 10.2 Å². The number of anilines is 1. The molecule has 0 aliphatic carbocycles. The summed E-state index contributed by atoms with van der Waals surface area (Å²) in [5.41, 5.74) is 3.78. The molecule has 4 nitrogen and oxygen atoms in total. The summed E-state index contributed by atoms with van der Waals surface area (Å²) in [6, 6.07) is 13.7. The fraction of sp³-hybridized carbons (Fsp3) is 0. The maximum atomic E-state index is 11.5. The molecule has 0 aliphatic rings. The third-order valence-electron chi connectivity index (χ3n) is 2.36. The number of hydrogen-bond donors (Lipinski definition) is 2. The lowest BCUT2D eigenvalue weighted by atomic mass is 10.2. The zero-order valence-corrected chi connectivity index (χ0v) is 11.8. The first kappa shape index (κ1) is 14.4. The monoisotopic (exact) mass is 307 g/mol. The van der Waals surface area contributed by atoms with Gasteiger partial charge in [-0.15, -0.1) is 0 Å². The van der Waals surface area contributed by atoms with E-state index in [4.69, 9.17) is 23.2 Å². The zero-order valence-electron chi connectivity index (χ0n) is 10.3. The van der Waals surface area contributed by atoms with Gasteiger partial charge in [-0.3, -0.25) is 0 Å². The predicted molar refractivity (Wildman–Crippen MR) is 82.7 cm³/mol. The van der Waals surface area contributed by atoms with E-state index in [-0.39, 0.29) is 0 Å². The molecule has 0 saturated heterocycles. The van der Waals surface area contributed by atoms with E-state index in [1.54, 1.807) is 30.3 Å². The summed E-state index contributed by atoms with van der Waals surface area (Å²) in [5.74, 6) is 0. The van der Waals surface area contributed by atoms with Gasteiger partial charge in [0.15, 0.2) is 0 Å². The number of amides is 2. The first-order chi connectivity index (χ1) is 9.65. The number of nitrogens with zero attached hydrogens (tertiary/aromatic N) is 1. The van der Waals surface area contributed by atoms with Gasteiger partial charge in [-0.05, 0) is 29.8 Å². The molecule has 102 valence electrons. The summed E-state index contributed by atoms with van der Waals surface area (Å²) in [7, 11) is 0. The quantitative estimate of drug-likeness (QED) is 0.649. The fourth-order valence-electron chi connectivity index (χ4n) is 1.44. The molecular formula is C14H11Cl2N3O. The normalized spacial score (nSPS) is 10.5. The fourth-order valence-corrected chi connectivity index (χ4v) is 1.75. The first-order valence-electron chi connectivity index (χ1n) is 5.75. The van der Waals surface area contributed by atoms with Crippen molar-refractivity contribution in [2.24, 2.45) is 5.10 Å². The zero-order chi connectivity index (χ0) is 14.4. The lowest BCUT2D eigenvalue weighted by Gasteiger charge is -2.03. The Labute approximate surface area is 126 Å². The Kier molecular flexibility index (Phi) is 4.98. The van der Waals surface area contributed by atoms with Crippen molar-refractivity contribution in [2.75, 3.05) is 5.32 Å². The van der Waals surface area contributed by atoms with Crippen LogP contribution in [0.5, 0.6) is 0 Å². The Morgan fingerprint density at radius 3 is 2.50 bits per heavy atom. The molecule has 6 heteroatoms. The van der Waals surface area contributed by atoms with Crippen LogP contribution in [0.15, 0.2) is 53.6 Å². The maximum absolute atomic E-state index is 11.5. The largest absolute Gasteiger partial charge is 0.339 e. The van der Waals surface area contributed by atoms with E-state index in [1.807, 2.05) is 18.2 Å². The smallest absolute Gasteiger partial charge is 0.307 e. The van der Waals surface area contributed by atoms with Crippen LogP contribution in [0.1, 0.15) is 5.56 Å². The number of nitrogens with one attached hydrogen (secondary N) is 2. The number of halogens is 2. The van der Waals surface area contributed by atoms with Crippen molar-refractivity contribution >= 4 is 41.1 Å². The van der Waals surface area contributed by atoms with Crippen LogP contribution in [0.3, 0.4) is 0 Å². The van der Waals surface area contributed by atoms with Gasteiger partial charge in [-0.2, -0.15) is 5.10 Å². The number of para-hydroxylation sites is 1. The van der Waals surface area contributed by atoms with Crippen molar-refractivity contribution in [1.82, 2.24) is 5.43 Å². The summed E-state index contributed by atoms with van der Waals surface area (Å²) >= 11 is 11.7. The van der Waals surface area contributed by atoms with E-state index >= 15 is 0 Å². The lowest BCUT2D eigenvalue weighted by molar-refractivity contribution is 0.252. The second-order valence-electron chi connectivity index (χ2n) is 3.86. The number of benzene rings is 2. The molecule has 2 amide bonds. The SMILES string of the molecule is O=C(N/N=C\c1ccc(Cl)c(Cl)c1)Nc1ccccc1. The molecule has 0 radical (unpaired) electrons. The van der Waals surface area contributed by atoms with Crippen molar-refractivity contribution in [2.45, 2.75) is 0 Å². The number of carbonyl (C=O) groups excluding carboxylic acids is 1. The number of hydrogen-bond acceptors (Lipinski definition) is 2. The Morgan fingerprint density at radius 2 is 1.80 bits per heavy atom. The molecule has 2 aromatic rings. The molecule has 0 unspecified atom stereocenters. The Bertz CT molecular complexity index is 630. The third kappa shape index (κ3) is 4.26. The molecule has 0 aliphatic heterocycles. The average molecular weight is 308 g/mol. The Hall–Kier alpha value is -2.04. The van der Waals surface area contributed by atoms with E-state index in [2.05, 4.69) is 15.8 Å². The molecule has 0 bridgehead atoms. The average Bonchev–Trinajstić information content (AvgIpc) is 2.44. The molecule has 0 spiro atoms. The maximum Gasteiger partial charge on any atom is 0.339 e. The molecule has 0 fully saturated rings. The summed E-state index contributed by atoms with van der Waals surface area (Å²) < 4.78 is 0. The number of rotatable bonds is 3. The highest BCUT2D eigenvalue weighted by atomic mass is 35.5. The van der Waals surface area contributed by atoms with Gasteiger partial charge < -0.3 is 5.32 Å². The van der Waals surface area contributed by atoms with Crippen LogP contribution < -0.4 is 10.7 Å². The molecular weight excluding hydrogens is 297 g/mol. The Balaban J connectivity index is 1.89. The van der Waals surface area contributed by atoms with Gasteiger partial charge in [0, 0.05) is 5.69 Å². The van der Waals surface area contributed by atoms with Crippen LogP contribution in [0, 0.1) is 0 Å². The van der Waals surface area contributed by atoms with Crippen LogP contribution in [0.4, 0.5) is 10.5 Å². The number of hydrazone groups is 1. The van der Waals surface area contributed by atoms with E-state index in [9.17, 15) is 4.79 Å². The minimum atomic E-state index is -0.424. The second kappa shape index (κ2) is 6.93. The predicted octanol–water partition coefficient (Wildman–Crippen LogP) is 4.15. The van der Waals surface area contributed by atoms with E-state index in [1.165, 1.54) is 6.21 Å². The molecule has 0 atom stereocenters. The van der Waals surface area contributed by atoms with Gasteiger partial charge in [0.2, 0.25) is 0 Å². The van der Waals surface area contributed by atoms with Crippen LogP contribution >= 0.6 is 23.2 Å². The van der Waals surface area contributed by atoms with Crippen molar-refractivity contribution in [3.63, 3.8) is 0 Å². The molecule has 0 saturated carbocycles. The van der Waals surface area contributed by atoms with Crippen molar-refractivity contribution in [1.29, 1.82) is 0 Å². The van der Waals surface area contributed by atoms with E-state index < -0.39 is 6.03 Å². The lowest BCUT2D eigenvalue weighted by Crippen LogP contribution is -2.24. The topological polar surface area (TPSA) is 53.5 Å². The van der Waals surface area contributed by atoms with Crippen LogP contribution in [-0.4, -0.2) is 12.2 Å². The van der Waals surface area contributed by atoms with Crippen LogP contribution in [-0.2, 0) is 0 Å². The van der Waals surface area contributed by atoms with Crippen LogP contribution in [0.2, 0.25) is 10.0 Å². The van der Waals surface area contributed by atoms with Gasteiger partial charge in [0.05, 0.1) is 16.3 Å². The number of carbonyl (C=O) groups is 1. The second-order valence-corrected chi connectivity index (χ2v) is 4.68. The van der Waals surface area contributed by atoms with E-state index in [0.29, 0.717) is 15.7 Å². The number of urea groups is 1. The highest BCUT2D eigenvalue weighted by molar-refractivity contribution is 6.42. The molecule has 0 heterocycles. The highest BCUT2D eigenvalue weighted by Gasteiger charge is 1.99. The van der Waals surface area contributed by atoms with E-state index in [0.717, 1.165) is 5.56 Å². The summed E-state index contributed by atoms with van der Waals surface area (Å²) in [6.07, 6.45) is 1.48. The summed E-state index contributed by atoms with van der Waals surface area (Å²) in [4.78, 5) is 11.5. The van der Waals surface area contributed by atoms with Gasteiger partial charge in [0.25, 0.3) is 0 Å². The summed E-state index contributed by atoms with van der Waals surface area (Å²) in [5, 5.41) is 7.36. The van der Waals surface area contributed by atoms with Gasteiger partial charge in [0.1, 0.15) is 0 Å². The third-order valence-corrected chi connectivity index (χ3v) is 3.09. The van der Waals surface area contributed by atoms with Crippen LogP contribution in [0.25, 0.3) is 0 Å². The highest BCUT2D eigenvalue weighted by Crippen LogP contribution is 2.21. The Morgan fingerprint density at radius 1 is 1.05 bits per heavy atom. The summed E-state index contributed by atoms with van der Waals surface area (Å²) in [6.45, 7) is 0. The van der Waals surface area contributed by atoms with Crippen molar-refractivity contribution in [3.8, 4) is 0 Å².